The van der Waals surface area contributed by atoms with E-state index in [0.717, 1.165) is 13.0 Å². The van der Waals surface area contributed by atoms with Crippen molar-refractivity contribution < 1.29 is 5.11 Å². The van der Waals surface area contributed by atoms with Crippen LogP contribution in [0.2, 0.25) is 0 Å². The van der Waals surface area contributed by atoms with Crippen molar-refractivity contribution in [3.8, 4) is 0 Å². The minimum absolute atomic E-state index is 0.313. The summed E-state index contributed by atoms with van der Waals surface area (Å²) in [6.07, 6.45) is 4.77. The first-order valence-corrected chi connectivity index (χ1v) is 7.53. The fraction of sp³-hybridized carbons (Fsp3) is 0.647. The van der Waals surface area contributed by atoms with E-state index >= 15 is 0 Å². The van der Waals surface area contributed by atoms with Crippen molar-refractivity contribution in [2.45, 2.75) is 59.0 Å². The van der Waals surface area contributed by atoms with Crippen molar-refractivity contribution in [2.24, 2.45) is 0 Å². The van der Waals surface area contributed by atoms with Crippen LogP contribution in [0, 0.1) is 20.8 Å². The Bertz CT molecular complexity index is 402. The second-order valence-corrected chi connectivity index (χ2v) is 6.01. The lowest BCUT2D eigenvalue weighted by atomic mass is 9.95. The van der Waals surface area contributed by atoms with Gasteiger partial charge in [-0.05, 0) is 63.3 Å². The summed E-state index contributed by atoms with van der Waals surface area (Å²) in [6.45, 7) is 9.15. The van der Waals surface area contributed by atoms with Gasteiger partial charge in [0.2, 0.25) is 0 Å². The van der Waals surface area contributed by atoms with Crippen LogP contribution in [-0.2, 0) is 6.54 Å². The summed E-state index contributed by atoms with van der Waals surface area (Å²) in [7, 11) is 0. The summed E-state index contributed by atoms with van der Waals surface area (Å²) < 4.78 is 0. The number of hydrogen-bond donors (Lipinski definition) is 1. The van der Waals surface area contributed by atoms with Crippen molar-refractivity contribution in [2.75, 3.05) is 13.2 Å². The maximum atomic E-state index is 9.22. The van der Waals surface area contributed by atoms with Gasteiger partial charge < -0.3 is 5.11 Å². The lowest BCUT2D eigenvalue weighted by Crippen LogP contribution is -2.39. The molecule has 2 nitrogen and oxygen atoms in total. The van der Waals surface area contributed by atoms with E-state index in [1.165, 1.54) is 48.1 Å². The molecular formula is C17H27NO. The molecule has 1 heterocycles. The summed E-state index contributed by atoms with van der Waals surface area (Å²) in [5, 5.41) is 9.22. The largest absolute Gasteiger partial charge is 0.396 e. The Balaban J connectivity index is 2.15. The molecule has 2 rings (SSSR count). The van der Waals surface area contributed by atoms with E-state index in [2.05, 4.69) is 37.8 Å². The van der Waals surface area contributed by atoms with E-state index in [1.54, 1.807) is 0 Å². The number of hydrogen-bond acceptors (Lipinski definition) is 2. The number of benzene rings is 1. The smallest absolute Gasteiger partial charge is 0.0445 e. The molecule has 1 aliphatic rings. The highest BCUT2D eigenvalue weighted by Crippen LogP contribution is 2.25. The molecule has 0 aliphatic carbocycles. The quantitative estimate of drug-likeness (QED) is 0.898. The van der Waals surface area contributed by atoms with E-state index in [9.17, 15) is 5.11 Å². The third-order valence-electron chi connectivity index (χ3n) is 4.41. The van der Waals surface area contributed by atoms with Crippen LogP contribution in [0.3, 0.4) is 0 Å². The monoisotopic (exact) mass is 261 g/mol. The van der Waals surface area contributed by atoms with Crippen molar-refractivity contribution in [3.05, 3.63) is 34.4 Å². The topological polar surface area (TPSA) is 23.5 Å². The maximum absolute atomic E-state index is 9.22. The van der Waals surface area contributed by atoms with E-state index in [4.69, 9.17) is 0 Å². The highest BCUT2D eigenvalue weighted by Gasteiger charge is 2.22. The minimum atomic E-state index is 0.313. The van der Waals surface area contributed by atoms with E-state index < -0.39 is 0 Å². The molecule has 0 radical (unpaired) electrons. The second-order valence-electron chi connectivity index (χ2n) is 6.01. The zero-order chi connectivity index (χ0) is 13.8. The van der Waals surface area contributed by atoms with Gasteiger partial charge >= 0.3 is 0 Å². The van der Waals surface area contributed by atoms with Gasteiger partial charge in [-0.25, -0.2) is 0 Å². The third kappa shape index (κ3) is 3.58. The fourth-order valence-electron chi connectivity index (χ4n) is 3.41. The van der Waals surface area contributed by atoms with Gasteiger partial charge in [0.15, 0.2) is 0 Å². The predicted molar refractivity (Wildman–Crippen MR) is 80.4 cm³/mol. The molecule has 1 atom stereocenters. The molecular weight excluding hydrogens is 234 g/mol. The zero-order valence-corrected chi connectivity index (χ0v) is 12.6. The van der Waals surface area contributed by atoms with Crippen LogP contribution in [0.4, 0.5) is 0 Å². The molecule has 1 fully saturated rings. The average molecular weight is 261 g/mol. The Labute approximate surface area is 117 Å². The lowest BCUT2D eigenvalue weighted by molar-refractivity contribution is 0.112. The molecule has 0 amide bonds. The molecule has 1 aromatic carbocycles. The molecule has 19 heavy (non-hydrogen) atoms. The maximum Gasteiger partial charge on any atom is 0.0445 e. The van der Waals surface area contributed by atoms with Gasteiger partial charge in [0, 0.05) is 19.2 Å². The Hall–Kier alpha value is -0.860. The molecule has 1 aromatic rings. The number of aliphatic hydroxyl groups is 1. The number of rotatable bonds is 4. The van der Waals surface area contributed by atoms with Gasteiger partial charge in [0.05, 0.1) is 0 Å². The van der Waals surface area contributed by atoms with Crippen molar-refractivity contribution >= 4 is 0 Å². The second kappa shape index (κ2) is 6.53. The Morgan fingerprint density at radius 2 is 1.84 bits per heavy atom. The van der Waals surface area contributed by atoms with Crippen molar-refractivity contribution in [1.29, 1.82) is 0 Å². The Kier molecular flexibility index (Phi) is 5.00. The molecule has 2 heteroatoms. The van der Waals surface area contributed by atoms with Crippen LogP contribution in [0.5, 0.6) is 0 Å². The van der Waals surface area contributed by atoms with Crippen molar-refractivity contribution in [3.63, 3.8) is 0 Å². The van der Waals surface area contributed by atoms with Gasteiger partial charge in [-0.15, -0.1) is 0 Å². The van der Waals surface area contributed by atoms with E-state index in [-0.39, 0.29) is 0 Å². The van der Waals surface area contributed by atoms with Crippen LogP contribution in [0.25, 0.3) is 0 Å². The SMILES string of the molecule is Cc1cc(C)c(CN2CCCCC2CCO)c(C)c1. The average Bonchev–Trinajstić information content (AvgIpc) is 2.36. The molecule has 1 aliphatic heterocycles. The van der Waals surface area contributed by atoms with Gasteiger partial charge in [-0.3, -0.25) is 4.90 Å². The minimum Gasteiger partial charge on any atom is -0.396 e. The molecule has 0 spiro atoms. The highest BCUT2D eigenvalue weighted by atomic mass is 16.3. The van der Waals surface area contributed by atoms with Crippen LogP contribution < -0.4 is 0 Å². The summed E-state index contributed by atoms with van der Waals surface area (Å²) in [5.74, 6) is 0. The van der Waals surface area contributed by atoms with Crippen molar-refractivity contribution in [1.82, 2.24) is 4.90 Å². The number of aliphatic hydroxyl groups excluding tert-OH is 1. The molecule has 1 unspecified atom stereocenters. The lowest BCUT2D eigenvalue weighted by Gasteiger charge is -2.36. The molecule has 1 saturated heterocycles. The van der Waals surface area contributed by atoms with Crippen LogP contribution >= 0.6 is 0 Å². The standard InChI is InChI=1S/C17H27NO/c1-13-10-14(2)17(15(3)11-13)12-18-8-5-4-6-16(18)7-9-19/h10-11,16,19H,4-9,12H2,1-3H3. The number of nitrogens with zero attached hydrogens (tertiary/aromatic N) is 1. The predicted octanol–water partition coefficient (Wildman–Crippen LogP) is 3.35. The number of piperidine rings is 1. The summed E-state index contributed by atoms with van der Waals surface area (Å²) in [5.41, 5.74) is 5.65. The molecule has 106 valence electrons. The molecule has 0 saturated carbocycles. The normalized spacial score (nSPS) is 20.7. The van der Waals surface area contributed by atoms with Gasteiger partial charge in [0.25, 0.3) is 0 Å². The first-order valence-electron chi connectivity index (χ1n) is 7.53. The molecule has 0 bridgehead atoms. The summed E-state index contributed by atoms with van der Waals surface area (Å²) >= 11 is 0. The Morgan fingerprint density at radius 3 is 2.47 bits per heavy atom. The van der Waals surface area contributed by atoms with Crippen LogP contribution in [0.1, 0.15) is 47.9 Å². The molecule has 0 aromatic heterocycles. The zero-order valence-electron chi connectivity index (χ0n) is 12.6. The summed E-state index contributed by atoms with van der Waals surface area (Å²) in [6, 6.07) is 5.14. The number of likely N-dealkylation sites (tertiary alicyclic amines) is 1. The number of aryl methyl sites for hydroxylation is 3. The first-order chi connectivity index (χ1) is 9.11. The third-order valence-corrected chi connectivity index (χ3v) is 4.41. The van der Waals surface area contributed by atoms with Crippen LogP contribution in [0.15, 0.2) is 12.1 Å². The Morgan fingerprint density at radius 1 is 1.16 bits per heavy atom. The molecule has 1 N–H and O–H groups in total. The van der Waals surface area contributed by atoms with Gasteiger partial charge in [0.1, 0.15) is 0 Å². The van der Waals surface area contributed by atoms with E-state index in [1.807, 2.05) is 0 Å². The van der Waals surface area contributed by atoms with E-state index in [0.29, 0.717) is 12.6 Å². The fourth-order valence-corrected chi connectivity index (χ4v) is 3.41. The van der Waals surface area contributed by atoms with Crippen LogP contribution in [-0.4, -0.2) is 29.2 Å². The first kappa shape index (κ1) is 14.5. The highest BCUT2D eigenvalue weighted by molar-refractivity contribution is 5.37. The van der Waals surface area contributed by atoms with Gasteiger partial charge in [-0.2, -0.15) is 0 Å². The summed E-state index contributed by atoms with van der Waals surface area (Å²) in [4.78, 5) is 2.57. The van der Waals surface area contributed by atoms with Gasteiger partial charge in [-0.1, -0.05) is 24.1 Å².